The van der Waals surface area contributed by atoms with E-state index in [-0.39, 0.29) is 6.10 Å². The van der Waals surface area contributed by atoms with E-state index >= 15 is 0 Å². The van der Waals surface area contributed by atoms with Crippen molar-refractivity contribution in [1.82, 2.24) is 15.5 Å². The predicted octanol–water partition coefficient (Wildman–Crippen LogP) is 2.75. The molecule has 0 aromatic heterocycles. The second kappa shape index (κ2) is 11.7. The molecule has 1 aromatic rings. The van der Waals surface area contributed by atoms with Gasteiger partial charge in [0.1, 0.15) is 6.10 Å². The maximum absolute atomic E-state index is 5.97. The van der Waals surface area contributed by atoms with E-state index in [9.17, 15) is 0 Å². The van der Waals surface area contributed by atoms with E-state index in [1.165, 1.54) is 25.9 Å². The molecule has 0 bridgehead atoms. The molecule has 1 saturated heterocycles. The van der Waals surface area contributed by atoms with Crippen LogP contribution in [0.2, 0.25) is 0 Å². The van der Waals surface area contributed by atoms with Gasteiger partial charge in [0.2, 0.25) is 0 Å². The highest BCUT2D eigenvalue weighted by atomic mass is 16.5. The molecule has 0 radical (unpaired) electrons. The number of para-hydroxylation sites is 2. The zero-order chi connectivity index (χ0) is 19.5. The summed E-state index contributed by atoms with van der Waals surface area (Å²) in [5.74, 6) is 3.22. The van der Waals surface area contributed by atoms with Gasteiger partial charge < -0.3 is 25.0 Å². The molecule has 1 fully saturated rings. The van der Waals surface area contributed by atoms with Gasteiger partial charge in [0.25, 0.3) is 0 Å². The number of piperidine rings is 1. The normalized spacial score (nSPS) is 17.4. The lowest BCUT2D eigenvalue weighted by Gasteiger charge is -2.30. The number of aliphatic imine (C=N–C) groups is 1. The molecule has 2 N–H and O–H groups in total. The number of benzene rings is 1. The van der Waals surface area contributed by atoms with Crippen molar-refractivity contribution in [3.63, 3.8) is 0 Å². The van der Waals surface area contributed by atoms with Crippen LogP contribution >= 0.6 is 0 Å². The third-order valence-corrected chi connectivity index (χ3v) is 5.00. The number of nitrogens with one attached hydrogen (secondary N) is 2. The van der Waals surface area contributed by atoms with Crippen molar-refractivity contribution in [3.05, 3.63) is 24.3 Å². The van der Waals surface area contributed by atoms with Crippen LogP contribution in [0, 0.1) is 5.92 Å². The minimum absolute atomic E-state index is 0.00445. The van der Waals surface area contributed by atoms with Crippen molar-refractivity contribution in [2.45, 2.75) is 39.2 Å². The van der Waals surface area contributed by atoms with Crippen molar-refractivity contribution < 1.29 is 9.47 Å². The Bertz CT molecular complexity index is 571. The molecular weight excluding hydrogens is 340 g/mol. The molecule has 1 heterocycles. The number of hydrogen-bond acceptors (Lipinski definition) is 4. The first-order chi connectivity index (χ1) is 13.1. The Morgan fingerprint density at radius 3 is 2.59 bits per heavy atom. The highest BCUT2D eigenvalue weighted by molar-refractivity contribution is 5.79. The molecule has 1 aliphatic rings. The number of ether oxygens (including phenoxy) is 2. The SMILES string of the molecule is CN=C(NCCCN1CCC(C)CC1)NCC(C)Oc1ccccc1OC. The highest BCUT2D eigenvalue weighted by Gasteiger charge is 2.15. The molecule has 0 amide bonds. The van der Waals surface area contributed by atoms with Gasteiger partial charge in [0.05, 0.1) is 13.7 Å². The number of hydrogen-bond donors (Lipinski definition) is 2. The van der Waals surface area contributed by atoms with Gasteiger partial charge in [-0.25, -0.2) is 0 Å². The lowest BCUT2D eigenvalue weighted by Crippen LogP contribution is -2.43. The van der Waals surface area contributed by atoms with Crippen molar-refractivity contribution in [2.24, 2.45) is 10.9 Å². The van der Waals surface area contributed by atoms with Gasteiger partial charge in [-0.15, -0.1) is 0 Å². The van der Waals surface area contributed by atoms with Crippen LogP contribution in [0.25, 0.3) is 0 Å². The number of methoxy groups -OCH3 is 1. The molecule has 0 saturated carbocycles. The van der Waals surface area contributed by atoms with Crippen LogP contribution < -0.4 is 20.1 Å². The summed E-state index contributed by atoms with van der Waals surface area (Å²) in [6, 6.07) is 7.70. The molecule has 152 valence electrons. The van der Waals surface area contributed by atoms with Crippen molar-refractivity contribution in [2.75, 3.05) is 46.9 Å². The van der Waals surface area contributed by atoms with Gasteiger partial charge in [0, 0.05) is 13.6 Å². The molecule has 1 unspecified atom stereocenters. The van der Waals surface area contributed by atoms with Gasteiger partial charge in [-0.1, -0.05) is 19.1 Å². The minimum atomic E-state index is -0.00445. The second-order valence-corrected chi connectivity index (χ2v) is 7.34. The van der Waals surface area contributed by atoms with E-state index in [2.05, 4.69) is 27.4 Å². The molecule has 1 atom stereocenters. The van der Waals surface area contributed by atoms with Crippen molar-refractivity contribution in [1.29, 1.82) is 0 Å². The fourth-order valence-corrected chi connectivity index (χ4v) is 3.23. The van der Waals surface area contributed by atoms with E-state index in [4.69, 9.17) is 9.47 Å². The Labute approximate surface area is 164 Å². The van der Waals surface area contributed by atoms with E-state index in [0.29, 0.717) is 6.54 Å². The summed E-state index contributed by atoms with van der Waals surface area (Å²) in [7, 11) is 3.45. The van der Waals surface area contributed by atoms with Crippen LogP contribution in [-0.2, 0) is 0 Å². The maximum Gasteiger partial charge on any atom is 0.191 e. The quantitative estimate of drug-likeness (QED) is 0.394. The molecule has 0 spiro atoms. The molecule has 6 nitrogen and oxygen atoms in total. The lowest BCUT2D eigenvalue weighted by molar-refractivity contribution is 0.191. The smallest absolute Gasteiger partial charge is 0.191 e. The standard InChI is InChI=1S/C21H36N4O2/c1-17-10-14-25(15-11-17)13-7-12-23-21(22-3)24-16-18(2)27-20-9-6-5-8-19(20)26-4/h5-6,8-9,17-18H,7,10-16H2,1-4H3,(H2,22,23,24). The fraction of sp³-hybridized carbons (Fsp3) is 0.667. The van der Waals surface area contributed by atoms with Crippen LogP contribution in [0.4, 0.5) is 0 Å². The average molecular weight is 377 g/mol. The van der Waals surface area contributed by atoms with Crippen molar-refractivity contribution in [3.8, 4) is 11.5 Å². The number of guanidine groups is 1. The van der Waals surface area contributed by atoms with Gasteiger partial charge in [-0.3, -0.25) is 4.99 Å². The first-order valence-corrected chi connectivity index (χ1v) is 10.1. The molecule has 2 rings (SSSR count). The fourth-order valence-electron chi connectivity index (χ4n) is 3.23. The number of rotatable bonds is 9. The Hall–Kier alpha value is -1.95. The first-order valence-electron chi connectivity index (χ1n) is 10.1. The van der Waals surface area contributed by atoms with E-state index in [1.54, 1.807) is 14.2 Å². The zero-order valence-corrected chi connectivity index (χ0v) is 17.3. The van der Waals surface area contributed by atoms with E-state index < -0.39 is 0 Å². The van der Waals surface area contributed by atoms with E-state index in [0.717, 1.165) is 42.9 Å². The summed E-state index contributed by atoms with van der Waals surface area (Å²) in [4.78, 5) is 6.87. The van der Waals surface area contributed by atoms with Gasteiger partial charge in [-0.05, 0) is 63.9 Å². The summed E-state index contributed by atoms with van der Waals surface area (Å²) in [5, 5.41) is 6.72. The van der Waals surface area contributed by atoms with E-state index in [1.807, 2.05) is 31.2 Å². The van der Waals surface area contributed by atoms with Crippen LogP contribution in [0.1, 0.15) is 33.1 Å². The third-order valence-electron chi connectivity index (χ3n) is 5.00. The second-order valence-electron chi connectivity index (χ2n) is 7.34. The summed E-state index contributed by atoms with van der Waals surface area (Å²) in [5.41, 5.74) is 0. The zero-order valence-electron chi connectivity index (χ0n) is 17.3. The van der Waals surface area contributed by atoms with Crippen LogP contribution in [0.3, 0.4) is 0 Å². The highest BCUT2D eigenvalue weighted by Crippen LogP contribution is 2.26. The molecule has 0 aliphatic carbocycles. The Morgan fingerprint density at radius 2 is 1.93 bits per heavy atom. The first kappa shape index (κ1) is 21.4. The Balaban J connectivity index is 1.63. The molecule has 1 aliphatic heterocycles. The topological polar surface area (TPSA) is 58.1 Å². The molecule has 1 aromatic carbocycles. The molecular formula is C21H36N4O2. The lowest BCUT2D eigenvalue weighted by atomic mass is 9.99. The number of likely N-dealkylation sites (tertiary alicyclic amines) is 1. The summed E-state index contributed by atoms with van der Waals surface area (Å²) in [6.07, 6.45) is 3.79. The Kier molecular flexibility index (Phi) is 9.25. The largest absolute Gasteiger partial charge is 0.493 e. The maximum atomic E-state index is 5.97. The van der Waals surface area contributed by atoms with Crippen LogP contribution in [-0.4, -0.2) is 63.8 Å². The summed E-state index contributed by atoms with van der Waals surface area (Å²) in [6.45, 7) is 9.62. The summed E-state index contributed by atoms with van der Waals surface area (Å²) < 4.78 is 11.3. The van der Waals surface area contributed by atoms with Gasteiger partial charge in [0.15, 0.2) is 17.5 Å². The number of nitrogens with zero attached hydrogens (tertiary/aromatic N) is 2. The van der Waals surface area contributed by atoms with Crippen LogP contribution in [0.15, 0.2) is 29.3 Å². The van der Waals surface area contributed by atoms with Gasteiger partial charge in [-0.2, -0.15) is 0 Å². The third kappa shape index (κ3) is 7.67. The van der Waals surface area contributed by atoms with Crippen LogP contribution in [0.5, 0.6) is 11.5 Å². The predicted molar refractivity (Wildman–Crippen MR) is 112 cm³/mol. The summed E-state index contributed by atoms with van der Waals surface area (Å²) >= 11 is 0. The molecule has 27 heavy (non-hydrogen) atoms. The monoisotopic (exact) mass is 376 g/mol. The average Bonchev–Trinajstić information content (AvgIpc) is 2.69. The Morgan fingerprint density at radius 1 is 1.22 bits per heavy atom. The van der Waals surface area contributed by atoms with Crippen molar-refractivity contribution >= 4 is 5.96 Å². The van der Waals surface area contributed by atoms with Gasteiger partial charge >= 0.3 is 0 Å². The molecule has 6 heteroatoms. The minimum Gasteiger partial charge on any atom is -0.493 e.